The summed E-state index contributed by atoms with van der Waals surface area (Å²) in [6.07, 6.45) is 5.17. The van der Waals surface area contributed by atoms with E-state index in [4.69, 9.17) is 4.74 Å². The van der Waals surface area contributed by atoms with E-state index in [1.165, 1.54) is 5.56 Å². The summed E-state index contributed by atoms with van der Waals surface area (Å²) in [7, 11) is 5.85. The van der Waals surface area contributed by atoms with Crippen molar-refractivity contribution in [3.05, 3.63) is 54.1 Å². The van der Waals surface area contributed by atoms with Gasteiger partial charge in [0.05, 0.1) is 12.8 Å². The van der Waals surface area contributed by atoms with Gasteiger partial charge in [-0.1, -0.05) is 12.1 Å². The summed E-state index contributed by atoms with van der Waals surface area (Å²) < 4.78 is 5.30. The van der Waals surface area contributed by atoms with E-state index >= 15 is 0 Å². The van der Waals surface area contributed by atoms with Crippen LogP contribution in [-0.4, -0.2) is 42.6 Å². The van der Waals surface area contributed by atoms with Gasteiger partial charge in [-0.25, -0.2) is 0 Å². The summed E-state index contributed by atoms with van der Waals surface area (Å²) in [5.74, 6) is 0.883. The van der Waals surface area contributed by atoms with Gasteiger partial charge in [-0.05, 0) is 31.8 Å². The molecule has 1 heterocycles. The summed E-state index contributed by atoms with van der Waals surface area (Å²) in [5.41, 5.74) is 2.17. The molecule has 0 saturated heterocycles. The molecule has 21 heavy (non-hydrogen) atoms. The number of likely N-dealkylation sites (N-methyl/N-ethyl adjacent to an activating group) is 1. The van der Waals surface area contributed by atoms with Gasteiger partial charge < -0.3 is 15.0 Å². The van der Waals surface area contributed by atoms with E-state index in [0.29, 0.717) is 6.54 Å². The molecule has 1 unspecified atom stereocenters. The third-order valence-electron chi connectivity index (χ3n) is 3.36. The van der Waals surface area contributed by atoms with Crippen LogP contribution in [0.1, 0.15) is 17.3 Å². The maximum absolute atomic E-state index is 5.30. The average molecular weight is 286 g/mol. The standard InChI is InChI=1S/C16H22N4O/c1-20(2)16(13-5-4-6-15(9-13)21-3)12-18-11-14-10-17-7-8-19-14/h4-10,16,18H,11-12H2,1-3H3. The highest BCUT2D eigenvalue weighted by Gasteiger charge is 2.14. The molecule has 0 aliphatic rings. The van der Waals surface area contributed by atoms with Crippen LogP contribution in [0.15, 0.2) is 42.9 Å². The van der Waals surface area contributed by atoms with Gasteiger partial charge in [0.1, 0.15) is 5.75 Å². The van der Waals surface area contributed by atoms with Crippen molar-refractivity contribution in [1.82, 2.24) is 20.2 Å². The number of rotatable bonds is 7. The minimum Gasteiger partial charge on any atom is -0.497 e. The first-order chi connectivity index (χ1) is 10.2. The fraction of sp³-hybridized carbons (Fsp3) is 0.375. The van der Waals surface area contributed by atoms with Gasteiger partial charge in [0.15, 0.2) is 0 Å². The van der Waals surface area contributed by atoms with Crippen molar-refractivity contribution < 1.29 is 4.74 Å². The average Bonchev–Trinajstić information content (AvgIpc) is 2.52. The zero-order valence-corrected chi connectivity index (χ0v) is 12.8. The summed E-state index contributed by atoms with van der Waals surface area (Å²) in [5, 5.41) is 3.43. The maximum atomic E-state index is 5.30. The van der Waals surface area contributed by atoms with Crippen molar-refractivity contribution in [2.75, 3.05) is 27.7 Å². The summed E-state index contributed by atoms with van der Waals surface area (Å²) in [4.78, 5) is 10.5. The van der Waals surface area contributed by atoms with E-state index in [-0.39, 0.29) is 6.04 Å². The van der Waals surface area contributed by atoms with Gasteiger partial charge in [-0.2, -0.15) is 0 Å². The van der Waals surface area contributed by atoms with E-state index < -0.39 is 0 Å². The van der Waals surface area contributed by atoms with Gasteiger partial charge >= 0.3 is 0 Å². The third kappa shape index (κ3) is 4.51. The Kier molecular flexibility index (Phi) is 5.66. The Hall–Kier alpha value is -1.98. The monoisotopic (exact) mass is 286 g/mol. The highest BCUT2D eigenvalue weighted by atomic mass is 16.5. The number of methoxy groups -OCH3 is 1. The minimum absolute atomic E-state index is 0.275. The molecule has 0 fully saturated rings. The lowest BCUT2D eigenvalue weighted by Crippen LogP contribution is -2.31. The summed E-state index contributed by atoms with van der Waals surface area (Å²) in [6.45, 7) is 1.54. The third-order valence-corrected chi connectivity index (χ3v) is 3.36. The van der Waals surface area contributed by atoms with E-state index in [1.807, 2.05) is 12.1 Å². The fourth-order valence-corrected chi connectivity index (χ4v) is 2.21. The minimum atomic E-state index is 0.275. The number of nitrogens with zero attached hydrogens (tertiary/aromatic N) is 3. The summed E-state index contributed by atoms with van der Waals surface area (Å²) >= 11 is 0. The molecular formula is C16H22N4O. The van der Waals surface area contributed by atoms with Crippen molar-refractivity contribution in [2.45, 2.75) is 12.6 Å². The lowest BCUT2D eigenvalue weighted by molar-refractivity contribution is 0.287. The van der Waals surface area contributed by atoms with Crippen LogP contribution in [0.2, 0.25) is 0 Å². The van der Waals surface area contributed by atoms with Crippen molar-refractivity contribution in [3.8, 4) is 5.75 Å². The summed E-state index contributed by atoms with van der Waals surface area (Å²) in [6, 6.07) is 8.46. The highest BCUT2D eigenvalue weighted by molar-refractivity contribution is 5.30. The molecule has 1 aromatic carbocycles. The van der Waals surface area contributed by atoms with E-state index in [9.17, 15) is 0 Å². The smallest absolute Gasteiger partial charge is 0.119 e. The Morgan fingerprint density at radius 3 is 2.81 bits per heavy atom. The molecule has 2 rings (SSSR count). The SMILES string of the molecule is COc1cccc(C(CNCc2cnccn2)N(C)C)c1. The number of hydrogen-bond donors (Lipinski definition) is 1. The number of hydrogen-bond acceptors (Lipinski definition) is 5. The maximum Gasteiger partial charge on any atom is 0.119 e. The zero-order chi connectivity index (χ0) is 15.1. The number of nitrogens with one attached hydrogen (secondary N) is 1. The van der Waals surface area contributed by atoms with Gasteiger partial charge in [-0.15, -0.1) is 0 Å². The molecule has 0 radical (unpaired) electrons. The predicted octanol–water partition coefficient (Wildman–Crippen LogP) is 1.88. The van der Waals surface area contributed by atoms with Gasteiger partial charge in [0, 0.05) is 37.7 Å². The van der Waals surface area contributed by atoms with Gasteiger partial charge in [-0.3, -0.25) is 9.97 Å². The molecular weight excluding hydrogens is 264 g/mol. The molecule has 5 heteroatoms. The van der Waals surface area contributed by atoms with Gasteiger partial charge in [0.2, 0.25) is 0 Å². The lowest BCUT2D eigenvalue weighted by Gasteiger charge is -2.25. The molecule has 1 atom stereocenters. The van der Waals surface area contributed by atoms with E-state index in [1.54, 1.807) is 25.7 Å². The van der Waals surface area contributed by atoms with Crippen LogP contribution in [0.4, 0.5) is 0 Å². The van der Waals surface area contributed by atoms with E-state index in [2.05, 4.69) is 46.4 Å². The molecule has 0 aliphatic carbocycles. The van der Waals surface area contributed by atoms with Crippen LogP contribution in [0.5, 0.6) is 5.75 Å². The first-order valence-electron chi connectivity index (χ1n) is 6.96. The zero-order valence-electron chi connectivity index (χ0n) is 12.8. The molecule has 112 valence electrons. The second kappa shape index (κ2) is 7.71. The van der Waals surface area contributed by atoms with Crippen LogP contribution >= 0.6 is 0 Å². The highest BCUT2D eigenvalue weighted by Crippen LogP contribution is 2.22. The van der Waals surface area contributed by atoms with Crippen molar-refractivity contribution >= 4 is 0 Å². The lowest BCUT2D eigenvalue weighted by atomic mass is 10.1. The van der Waals surface area contributed by atoms with Crippen LogP contribution in [0.25, 0.3) is 0 Å². The van der Waals surface area contributed by atoms with Crippen molar-refractivity contribution in [3.63, 3.8) is 0 Å². The first kappa shape index (κ1) is 15.4. The molecule has 0 bridgehead atoms. The van der Waals surface area contributed by atoms with Crippen LogP contribution in [-0.2, 0) is 6.54 Å². The molecule has 0 amide bonds. The Balaban J connectivity index is 1.99. The quantitative estimate of drug-likeness (QED) is 0.842. The first-order valence-corrected chi connectivity index (χ1v) is 6.96. The molecule has 0 aliphatic heterocycles. The van der Waals surface area contributed by atoms with Crippen LogP contribution in [0.3, 0.4) is 0 Å². The Bertz CT molecular complexity index is 545. The molecule has 0 spiro atoms. The predicted molar refractivity (Wildman–Crippen MR) is 83.2 cm³/mol. The van der Waals surface area contributed by atoms with Crippen molar-refractivity contribution in [2.24, 2.45) is 0 Å². The molecule has 1 N–H and O–H groups in total. The normalized spacial score (nSPS) is 12.4. The van der Waals surface area contributed by atoms with E-state index in [0.717, 1.165) is 18.0 Å². The topological polar surface area (TPSA) is 50.3 Å². The number of benzene rings is 1. The number of ether oxygens (including phenoxy) is 1. The molecule has 0 saturated carbocycles. The second-order valence-electron chi connectivity index (χ2n) is 5.08. The Morgan fingerprint density at radius 1 is 1.29 bits per heavy atom. The van der Waals surface area contributed by atoms with Crippen LogP contribution < -0.4 is 10.1 Å². The Labute approximate surface area is 126 Å². The Morgan fingerprint density at radius 2 is 2.14 bits per heavy atom. The fourth-order valence-electron chi connectivity index (χ4n) is 2.21. The van der Waals surface area contributed by atoms with Crippen molar-refractivity contribution in [1.29, 1.82) is 0 Å². The second-order valence-corrected chi connectivity index (χ2v) is 5.08. The van der Waals surface area contributed by atoms with Gasteiger partial charge in [0.25, 0.3) is 0 Å². The van der Waals surface area contributed by atoms with Crippen LogP contribution in [0, 0.1) is 0 Å². The molecule has 5 nitrogen and oxygen atoms in total. The molecule has 2 aromatic rings. The number of aromatic nitrogens is 2. The largest absolute Gasteiger partial charge is 0.497 e. The molecule has 1 aromatic heterocycles.